The van der Waals surface area contributed by atoms with E-state index in [1.807, 2.05) is 25.1 Å². The largest absolute Gasteiger partial charge is 0.370 e. The van der Waals surface area contributed by atoms with Crippen LogP contribution in [0.4, 0.5) is 5.69 Å². The lowest BCUT2D eigenvalue weighted by atomic mass is 9.97. The molecule has 1 heterocycles. The second-order valence-electron chi connectivity index (χ2n) is 5.19. The van der Waals surface area contributed by atoms with Crippen molar-refractivity contribution >= 4 is 23.2 Å². The maximum atomic E-state index is 11.3. The highest BCUT2D eigenvalue weighted by atomic mass is 35.5. The Morgan fingerprint density at radius 1 is 1.53 bits per heavy atom. The summed E-state index contributed by atoms with van der Waals surface area (Å²) in [6.07, 6.45) is 1.82. The summed E-state index contributed by atoms with van der Waals surface area (Å²) in [6.45, 7) is 3.48. The van der Waals surface area contributed by atoms with Gasteiger partial charge in [0.05, 0.1) is 16.6 Å². The zero-order valence-corrected chi connectivity index (χ0v) is 11.9. The average molecular weight is 282 g/mol. The van der Waals surface area contributed by atoms with Gasteiger partial charge < -0.3 is 16.4 Å². The lowest BCUT2D eigenvalue weighted by Gasteiger charge is -2.33. The molecule has 104 valence electrons. The fourth-order valence-electron chi connectivity index (χ4n) is 2.49. The van der Waals surface area contributed by atoms with Crippen LogP contribution in [0.1, 0.15) is 31.4 Å². The summed E-state index contributed by atoms with van der Waals surface area (Å²) in [5.41, 5.74) is 13.2. The summed E-state index contributed by atoms with van der Waals surface area (Å²) in [5, 5.41) is 0.680. The lowest BCUT2D eigenvalue weighted by Crippen LogP contribution is -2.41. The summed E-state index contributed by atoms with van der Waals surface area (Å²) < 4.78 is 0. The van der Waals surface area contributed by atoms with Crippen LogP contribution >= 0.6 is 11.6 Å². The Bertz CT molecular complexity index is 476. The number of piperidine rings is 1. The lowest BCUT2D eigenvalue weighted by molar-refractivity contribution is -0.122. The number of primary amides is 1. The van der Waals surface area contributed by atoms with Crippen molar-refractivity contribution < 1.29 is 4.79 Å². The van der Waals surface area contributed by atoms with E-state index < -0.39 is 0 Å². The molecule has 1 aliphatic heterocycles. The molecule has 1 aromatic rings. The number of nitrogens with two attached hydrogens (primary N) is 2. The van der Waals surface area contributed by atoms with E-state index in [-0.39, 0.29) is 17.9 Å². The molecule has 0 bridgehead atoms. The van der Waals surface area contributed by atoms with Crippen LogP contribution < -0.4 is 16.4 Å². The summed E-state index contributed by atoms with van der Waals surface area (Å²) in [7, 11) is 0. The number of benzene rings is 1. The average Bonchev–Trinajstić information content (AvgIpc) is 2.38. The molecular formula is C14H20ClN3O. The van der Waals surface area contributed by atoms with E-state index in [1.165, 1.54) is 0 Å². The molecule has 2 unspecified atom stereocenters. The fourth-order valence-corrected chi connectivity index (χ4v) is 2.80. The molecule has 0 spiro atoms. The van der Waals surface area contributed by atoms with E-state index in [9.17, 15) is 4.79 Å². The van der Waals surface area contributed by atoms with Gasteiger partial charge in [-0.1, -0.05) is 17.7 Å². The van der Waals surface area contributed by atoms with Crippen LogP contribution in [-0.2, 0) is 4.79 Å². The molecule has 2 atom stereocenters. The number of carbonyl (C=O) groups is 1. The van der Waals surface area contributed by atoms with E-state index in [0.29, 0.717) is 11.6 Å². The highest BCUT2D eigenvalue weighted by Gasteiger charge is 2.25. The number of hydrogen-bond acceptors (Lipinski definition) is 3. The zero-order chi connectivity index (χ0) is 14.0. The Hall–Kier alpha value is -1.26. The number of rotatable bonds is 3. The van der Waals surface area contributed by atoms with Gasteiger partial charge in [0.25, 0.3) is 0 Å². The number of amides is 1. The number of hydrogen-bond donors (Lipinski definition) is 2. The predicted molar refractivity (Wildman–Crippen MR) is 78.2 cm³/mol. The van der Waals surface area contributed by atoms with Crippen molar-refractivity contribution in [1.29, 1.82) is 0 Å². The van der Waals surface area contributed by atoms with Crippen molar-refractivity contribution in [1.82, 2.24) is 0 Å². The highest BCUT2D eigenvalue weighted by Crippen LogP contribution is 2.31. The van der Waals surface area contributed by atoms with Gasteiger partial charge in [-0.25, -0.2) is 0 Å². The number of carbonyl (C=O) groups excluding carboxylic acids is 1. The van der Waals surface area contributed by atoms with Crippen molar-refractivity contribution in [3.63, 3.8) is 0 Å². The summed E-state index contributed by atoms with van der Waals surface area (Å²) in [4.78, 5) is 13.4. The van der Waals surface area contributed by atoms with Gasteiger partial charge in [0.2, 0.25) is 5.91 Å². The SMILES string of the molecule is CC(N)c1ccc(N2CCCC(C(N)=O)C2)c(Cl)c1. The van der Waals surface area contributed by atoms with E-state index in [4.69, 9.17) is 23.1 Å². The van der Waals surface area contributed by atoms with Crippen molar-refractivity contribution in [2.24, 2.45) is 17.4 Å². The van der Waals surface area contributed by atoms with Crippen LogP contribution in [-0.4, -0.2) is 19.0 Å². The van der Waals surface area contributed by atoms with Gasteiger partial charge in [0.15, 0.2) is 0 Å². The van der Waals surface area contributed by atoms with Crippen molar-refractivity contribution in [2.45, 2.75) is 25.8 Å². The topological polar surface area (TPSA) is 72.3 Å². The first-order valence-corrected chi connectivity index (χ1v) is 6.96. The molecule has 0 aliphatic carbocycles. The molecule has 2 rings (SSSR count). The second-order valence-corrected chi connectivity index (χ2v) is 5.59. The van der Waals surface area contributed by atoms with Crippen LogP contribution in [0.25, 0.3) is 0 Å². The van der Waals surface area contributed by atoms with Crippen LogP contribution in [0.2, 0.25) is 5.02 Å². The molecule has 1 aromatic carbocycles. The highest BCUT2D eigenvalue weighted by molar-refractivity contribution is 6.33. The number of anilines is 1. The molecule has 1 saturated heterocycles. The summed E-state index contributed by atoms with van der Waals surface area (Å²) in [5.74, 6) is -0.314. The molecule has 5 heteroatoms. The van der Waals surface area contributed by atoms with Gasteiger partial charge in [0.1, 0.15) is 0 Å². The first-order valence-electron chi connectivity index (χ1n) is 6.58. The molecule has 1 aliphatic rings. The van der Waals surface area contributed by atoms with Crippen LogP contribution in [0, 0.1) is 5.92 Å². The fraction of sp³-hybridized carbons (Fsp3) is 0.500. The molecule has 0 saturated carbocycles. The maximum absolute atomic E-state index is 11.3. The first-order chi connectivity index (χ1) is 8.99. The minimum atomic E-state index is -0.229. The van der Waals surface area contributed by atoms with Gasteiger partial charge in [-0.05, 0) is 37.5 Å². The van der Waals surface area contributed by atoms with Crippen LogP contribution in [0.5, 0.6) is 0 Å². The van der Waals surface area contributed by atoms with Gasteiger partial charge in [-0.3, -0.25) is 4.79 Å². The zero-order valence-electron chi connectivity index (χ0n) is 11.1. The van der Waals surface area contributed by atoms with Gasteiger partial charge in [-0.2, -0.15) is 0 Å². The van der Waals surface area contributed by atoms with Crippen molar-refractivity contribution in [3.8, 4) is 0 Å². The molecular weight excluding hydrogens is 262 g/mol. The standard InChI is InChI=1S/C14H20ClN3O/c1-9(16)10-4-5-13(12(15)7-10)18-6-2-3-11(8-18)14(17)19/h4-5,7,9,11H,2-3,6,8,16H2,1H3,(H2,17,19). The molecule has 1 fully saturated rings. The van der Waals surface area contributed by atoms with Crippen LogP contribution in [0.15, 0.2) is 18.2 Å². The third kappa shape index (κ3) is 3.19. The van der Waals surface area contributed by atoms with E-state index >= 15 is 0 Å². The van der Waals surface area contributed by atoms with Gasteiger partial charge >= 0.3 is 0 Å². The van der Waals surface area contributed by atoms with Gasteiger partial charge in [0, 0.05) is 19.1 Å². The second kappa shape index (κ2) is 5.80. The Morgan fingerprint density at radius 3 is 2.84 bits per heavy atom. The molecule has 4 N–H and O–H groups in total. The van der Waals surface area contributed by atoms with Crippen molar-refractivity contribution in [2.75, 3.05) is 18.0 Å². The van der Waals surface area contributed by atoms with Crippen molar-refractivity contribution in [3.05, 3.63) is 28.8 Å². The monoisotopic (exact) mass is 281 g/mol. The third-order valence-corrected chi connectivity index (χ3v) is 3.96. The molecule has 4 nitrogen and oxygen atoms in total. The van der Waals surface area contributed by atoms with E-state index in [0.717, 1.165) is 30.6 Å². The van der Waals surface area contributed by atoms with Crippen LogP contribution in [0.3, 0.4) is 0 Å². The Morgan fingerprint density at radius 2 is 2.26 bits per heavy atom. The smallest absolute Gasteiger partial charge is 0.222 e. The van der Waals surface area contributed by atoms with Gasteiger partial charge in [-0.15, -0.1) is 0 Å². The molecule has 0 aromatic heterocycles. The Kier molecular flexibility index (Phi) is 4.32. The predicted octanol–water partition coefficient (Wildman–Crippen LogP) is 2.06. The van der Waals surface area contributed by atoms with E-state index in [1.54, 1.807) is 0 Å². The number of nitrogens with zero attached hydrogens (tertiary/aromatic N) is 1. The third-order valence-electron chi connectivity index (χ3n) is 3.66. The molecule has 19 heavy (non-hydrogen) atoms. The summed E-state index contributed by atoms with van der Waals surface area (Å²) >= 11 is 6.32. The number of halogens is 1. The minimum Gasteiger partial charge on any atom is -0.370 e. The molecule has 0 radical (unpaired) electrons. The summed E-state index contributed by atoms with van der Waals surface area (Å²) in [6, 6.07) is 5.82. The molecule has 1 amide bonds. The quantitative estimate of drug-likeness (QED) is 0.891. The minimum absolute atomic E-state index is 0.0359. The Labute approximate surface area is 118 Å². The maximum Gasteiger partial charge on any atom is 0.222 e. The van der Waals surface area contributed by atoms with E-state index in [2.05, 4.69) is 4.90 Å². The Balaban J connectivity index is 2.19. The first kappa shape index (κ1) is 14.2. The normalized spacial score (nSPS) is 21.2.